The Hall–Kier alpha value is -0.910. The Morgan fingerprint density at radius 3 is 2.40 bits per heavy atom. The predicted molar refractivity (Wildman–Crippen MR) is 78.6 cm³/mol. The lowest BCUT2D eigenvalue weighted by Gasteiger charge is -2.47. The van der Waals surface area contributed by atoms with Crippen LogP contribution in [0.25, 0.3) is 0 Å². The van der Waals surface area contributed by atoms with Crippen LogP contribution in [0.5, 0.6) is 0 Å². The highest BCUT2D eigenvalue weighted by atomic mass is 16.3. The van der Waals surface area contributed by atoms with Crippen LogP contribution in [0.3, 0.4) is 0 Å². The van der Waals surface area contributed by atoms with E-state index in [4.69, 9.17) is 0 Å². The van der Waals surface area contributed by atoms with E-state index in [9.17, 15) is 5.11 Å². The van der Waals surface area contributed by atoms with Crippen LogP contribution in [0.15, 0.2) is 18.5 Å². The van der Waals surface area contributed by atoms with Gasteiger partial charge in [0.15, 0.2) is 0 Å². The molecule has 0 aromatic carbocycles. The molecule has 2 fully saturated rings. The summed E-state index contributed by atoms with van der Waals surface area (Å²) in [5.41, 5.74) is -0.580. The molecule has 0 amide bonds. The largest absolute Gasteiger partial charge is 0.389 e. The van der Waals surface area contributed by atoms with Crippen LogP contribution in [0.4, 0.5) is 0 Å². The van der Waals surface area contributed by atoms with Gasteiger partial charge in [-0.15, -0.1) is 0 Å². The van der Waals surface area contributed by atoms with E-state index < -0.39 is 5.60 Å². The summed E-state index contributed by atoms with van der Waals surface area (Å²) in [6.45, 7) is 8.97. The molecular weight excluding hydrogens is 252 g/mol. The van der Waals surface area contributed by atoms with Crippen molar-refractivity contribution in [2.75, 3.05) is 32.7 Å². The molecule has 1 N–H and O–H groups in total. The third-order valence-electron chi connectivity index (χ3n) is 4.52. The van der Waals surface area contributed by atoms with Gasteiger partial charge in [-0.05, 0) is 32.8 Å². The average molecular weight is 278 g/mol. The fraction of sp³-hybridized carbons (Fsp3) is 0.800. The van der Waals surface area contributed by atoms with E-state index >= 15 is 0 Å². The summed E-state index contributed by atoms with van der Waals surface area (Å²) >= 11 is 0. The van der Waals surface area contributed by atoms with Gasteiger partial charge in [0.2, 0.25) is 0 Å². The third kappa shape index (κ3) is 3.22. The first-order valence-corrected chi connectivity index (χ1v) is 7.69. The molecule has 1 aromatic heterocycles. The van der Waals surface area contributed by atoms with E-state index in [0.717, 1.165) is 38.8 Å². The summed E-state index contributed by atoms with van der Waals surface area (Å²) in [4.78, 5) is 4.99. The van der Waals surface area contributed by atoms with Crippen molar-refractivity contribution < 1.29 is 5.11 Å². The van der Waals surface area contributed by atoms with Crippen LogP contribution in [0.2, 0.25) is 0 Å². The van der Waals surface area contributed by atoms with Gasteiger partial charge in [-0.2, -0.15) is 5.10 Å². The number of hydrogen-bond donors (Lipinski definition) is 1. The molecule has 2 heterocycles. The monoisotopic (exact) mass is 278 g/mol. The van der Waals surface area contributed by atoms with Crippen LogP contribution in [0.1, 0.15) is 32.7 Å². The Labute approximate surface area is 121 Å². The summed E-state index contributed by atoms with van der Waals surface area (Å²) in [6.07, 6.45) is 6.39. The Bertz CT molecular complexity index is 412. The van der Waals surface area contributed by atoms with Crippen LogP contribution in [-0.2, 0) is 0 Å². The van der Waals surface area contributed by atoms with Crippen molar-refractivity contribution in [1.29, 1.82) is 0 Å². The van der Waals surface area contributed by atoms with Crippen molar-refractivity contribution in [2.45, 2.75) is 44.4 Å². The first kappa shape index (κ1) is 14.0. The van der Waals surface area contributed by atoms with Gasteiger partial charge in [-0.3, -0.25) is 14.5 Å². The normalized spacial score (nSPS) is 29.4. The second-order valence-corrected chi connectivity index (χ2v) is 6.89. The molecule has 0 spiro atoms. The number of β-amino-alcohol motifs (C(OH)–C–C–N with tert-alkyl or cyclic N) is 1. The molecule has 3 rings (SSSR count). The van der Waals surface area contributed by atoms with Gasteiger partial charge in [-0.1, -0.05) is 0 Å². The highest BCUT2D eigenvalue weighted by molar-refractivity contribution is 4.94. The molecule has 1 aromatic rings. The molecule has 0 atom stereocenters. The van der Waals surface area contributed by atoms with Crippen LogP contribution in [0, 0.1) is 0 Å². The van der Waals surface area contributed by atoms with Gasteiger partial charge in [0, 0.05) is 51.2 Å². The van der Waals surface area contributed by atoms with E-state index in [-0.39, 0.29) is 0 Å². The lowest BCUT2D eigenvalue weighted by Crippen LogP contribution is -2.55. The van der Waals surface area contributed by atoms with Gasteiger partial charge < -0.3 is 5.11 Å². The maximum absolute atomic E-state index is 9.88. The summed E-state index contributed by atoms with van der Waals surface area (Å²) in [7, 11) is 0. The van der Waals surface area contributed by atoms with Crippen molar-refractivity contribution in [2.24, 2.45) is 0 Å². The average Bonchev–Trinajstić information content (AvgIpc) is 2.81. The van der Waals surface area contributed by atoms with Crippen molar-refractivity contribution in [3.05, 3.63) is 18.5 Å². The molecule has 1 saturated carbocycles. The van der Waals surface area contributed by atoms with E-state index in [1.165, 1.54) is 12.8 Å². The second-order valence-electron chi connectivity index (χ2n) is 6.89. The molecule has 0 radical (unpaired) electrons. The Morgan fingerprint density at radius 2 is 1.85 bits per heavy atom. The van der Waals surface area contributed by atoms with Gasteiger partial charge in [0.25, 0.3) is 0 Å². The SMILES string of the molecule is CC(C)(O)CN1CCN(C2CC(n3cccn3)C2)CC1. The van der Waals surface area contributed by atoms with Gasteiger partial charge in [0.05, 0.1) is 11.6 Å². The number of hydrogen-bond acceptors (Lipinski definition) is 4. The zero-order valence-corrected chi connectivity index (χ0v) is 12.6. The van der Waals surface area contributed by atoms with Crippen LogP contribution < -0.4 is 0 Å². The number of rotatable bonds is 4. The minimum absolute atomic E-state index is 0.580. The first-order chi connectivity index (χ1) is 9.51. The molecule has 1 saturated heterocycles. The summed E-state index contributed by atoms with van der Waals surface area (Å²) in [5.74, 6) is 0. The lowest BCUT2D eigenvalue weighted by molar-refractivity contribution is -0.00583. The quantitative estimate of drug-likeness (QED) is 0.891. The number of aromatic nitrogens is 2. The fourth-order valence-electron chi connectivity index (χ4n) is 3.40. The topological polar surface area (TPSA) is 44.5 Å². The Balaban J connectivity index is 1.42. The minimum atomic E-state index is -0.580. The first-order valence-electron chi connectivity index (χ1n) is 7.69. The summed E-state index contributed by atoms with van der Waals surface area (Å²) in [5, 5.41) is 14.2. The van der Waals surface area contributed by atoms with Crippen molar-refractivity contribution in [3.8, 4) is 0 Å². The molecular formula is C15H26N4O. The van der Waals surface area contributed by atoms with Crippen LogP contribution >= 0.6 is 0 Å². The van der Waals surface area contributed by atoms with Gasteiger partial charge >= 0.3 is 0 Å². The smallest absolute Gasteiger partial charge is 0.0718 e. The minimum Gasteiger partial charge on any atom is -0.389 e. The van der Waals surface area contributed by atoms with Crippen LogP contribution in [-0.4, -0.2) is 69.1 Å². The molecule has 20 heavy (non-hydrogen) atoms. The van der Waals surface area contributed by atoms with Crippen molar-refractivity contribution in [3.63, 3.8) is 0 Å². The molecule has 1 aliphatic heterocycles. The molecule has 0 bridgehead atoms. The fourth-order valence-corrected chi connectivity index (χ4v) is 3.40. The molecule has 5 nitrogen and oxygen atoms in total. The van der Waals surface area contributed by atoms with Gasteiger partial charge in [0.1, 0.15) is 0 Å². The maximum Gasteiger partial charge on any atom is 0.0718 e. The molecule has 0 unspecified atom stereocenters. The highest BCUT2D eigenvalue weighted by Crippen LogP contribution is 2.35. The predicted octanol–water partition coefficient (Wildman–Crippen LogP) is 0.975. The Morgan fingerprint density at radius 1 is 1.15 bits per heavy atom. The third-order valence-corrected chi connectivity index (χ3v) is 4.52. The zero-order valence-electron chi connectivity index (χ0n) is 12.6. The number of aliphatic hydroxyl groups is 1. The van der Waals surface area contributed by atoms with E-state index in [2.05, 4.69) is 25.8 Å². The molecule has 2 aliphatic rings. The van der Waals surface area contributed by atoms with E-state index in [1.807, 2.05) is 26.1 Å². The van der Waals surface area contributed by atoms with Gasteiger partial charge in [-0.25, -0.2) is 0 Å². The zero-order chi connectivity index (χ0) is 14.2. The molecule has 1 aliphatic carbocycles. The maximum atomic E-state index is 9.88. The lowest BCUT2D eigenvalue weighted by atomic mass is 9.85. The summed E-state index contributed by atoms with van der Waals surface area (Å²) in [6, 6.07) is 3.33. The van der Waals surface area contributed by atoms with E-state index in [1.54, 1.807) is 0 Å². The van der Waals surface area contributed by atoms with Crippen molar-refractivity contribution in [1.82, 2.24) is 19.6 Å². The summed E-state index contributed by atoms with van der Waals surface area (Å²) < 4.78 is 2.10. The highest BCUT2D eigenvalue weighted by Gasteiger charge is 2.36. The number of nitrogens with zero attached hydrogens (tertiary/aromatic N) is 4. The second kappa shape index (κ2) is 5.47. The Kier molecular flexibility index (Phi) is 3.84. The molecule has 112 valence electrons. The van der Waals surface area contributed by atoms with E-state index in [0.29, 0.717) is 6.04 Å². The van der Waals surface area contributed by atoms with Crippen molar-refractivity contribution >= 4 is 0 Å². The molecule has 5 heteroatoms. The number of piperazine rings is 1. The standard InChI is InChI=1S/C15H26N4O/c1-15(2,20)12-17-6-8-18(9-7-17)13-10-14(11-13)19-5-3-4-16-19/h3-5,13-14,20H,6-12H2,1-2H3.